The molecule has 0 saturated carbocycles. The number of ether oxygens (including phenoxy) is 1. The Balaban J connectivity index is 1.46. The number of anilines is 2. The summed E-state index contributed by atoms with van der Waals surface area (Å²) < 4.78 is 5.31. The molecule has 1 aliphatic heterocycles. The number of hydrogen-bond donors (Lipinski definition) is 2. The van der Waals surface area contributed by atoms with Gasteiger partial charge in [0.2, 0.25) is 0 Å². The normalized spacial score (nSPS) is 16.5. The van der Waals surface area contributed by atoms with Gasteiger partial charge in [0.15, 0.2) is 5.82 Å². The van der Waals surface area contributed by atoms with Gasteiger partial charge < -0.3 is 20.3 Å². The Morgan fingerprint density at radius 2 is 2.07 bits per heavy atom. The van der Waals surface area contributed by atoms with Crippen LogP contribution >= 0.6 is 0 Å². The number of alkyl carbamates (subject to hydrolysis) is 1. The van der Waals surface area contributed by atoms with Crippen molar-refractivity contribution in [1.82, 2.24) is 15.5 Å². The van der Waals surface area contributed by atoms with Crippen LogP contribution in [0.4, 0.5) is 16.3 Å². The summed E-state index contributed by atoms with van der Waals surface area (Å²) in [5, 5.41) is 14.6. The molecule has 0 radical (unpaired) electrons. The Morgan fingerprint density at radius 1 is 1.28 bits per heavy atom. The number of carbonyl (C=O) groups excluding carboxylic acids is 1. The predicted octanol–water partition coefficient (Wildman–Crippen LogP) is 3.48. The second kappa shape index (κ2) is 9.58. The number of nitrogens with zero attached hydrogens (tertiary/aromatic N) is 3. The van der Waals surface area contributed by atoms with E-state index >= 15 is 0 Å². The Bertz CT molecular complexity index is 791. The van der Waals surface area contributed by atoms with Crippen LogP contribution in [-0.4, -0.2) is 48.6 Å². The van der Waals surface area contributed by atoms with E-state index in [4.69, 9.17) is 4.74 Å². The Labute approximate surface area is 172 Å². The van der Waals surface area contributed by atoms with Gasteiger partial charge in [0.05, 0.1) is 24.5 Å². The molecule has 1 fully saturated rings. The quantitative estimate of drug-likeness (QED) is 0.745. The maximum absolute atomic E-state index is 12.0. The van der Waals surface area contributed by atoms with Crippen molar-refractivity contribution in [2.45, 2.75) is 39.7 Å². The fourth-order valence-corrected chi connectivity index (χ4v) is 3.20. The van der Waals surface area contributed by atoms with Gasteiger partial charge in [-0.25, -0.2) is 4.79 Å². The third-order valence-electron chi connectivity index (χ3n) is 4.71. The van der Waals surface area contributed by atoms with Gasteiger partial charge in [-0.05, 0) is 23.8 Å². The van der Waals surface area contributed by atoms with E-state index in [1.807, 2.05) is 45.0 Å². The number of nitrogens with one attached hydrogen (secondary N) is 2. The van der Waals surface area contributed by atoms with Crippen LogP contribution in [0.25, 0.3) is 0 Å². The van der Waals surface area contributed by atoms with Crippen molar-refractivity contribution < 1.29 is 9.53 Å². The summed E-state index contributed by atoms with van der Waals surface area (Å²) in [6.45, 7) is 8.92. The molecule has 1 aromatic carbocycles. The molecule has 7 heteroatoms. The molecule has 1 aliphatic rings. The SMILES string of the molecule is CC(C)(C)COC(=O)NC1CCN(c2cnnc(NCCc3ccccc3)c2)C1. The average Bonchev–Trinajstić information content (AvgIpc) is 3.15. The molecule has 1 saturated heterocycles. The van der Waals surface area contributed by atoms with Crippen molar-refractivity contribution in [3.05, 3.63) is 48.2 Å². The van der Waals surface area contributed by atoms with Crippen LogP contribution < -0.4 is 15.5 Å². The molecular weight excluding hydrogens is 366 g/mol. The van der Waals surface area contributed by atoms with Crippen LogP contribution in [-0.2, 0) is 11.2 Å². The Kier molecular flexibility index (Phi) is 6.90. The van der Waals surface area contributed by atoms with Crippen molar-refractivity contribution in [2.75, 3.05) is 36.5 Å². The zero-order valence-electron chi connectivity index (χ0n) is 17.5. The highest BCUT2D eigenvalue weighted by atomic mass is 16.5. The highest BCUT2D eigenvalue weighted by Crippen LogP contribution is 2.21. The van der Waals surface area contributed by atoms with Gasteiger partial charge in [-0.2, -0.15) is 5.10 Å². The van der Waals surface area contributed by atoms with Crippen LogP contribution in [0.2, 0.25) is 0 Å². The number of carbonyl (C=O) groups is 1. The minimum atomic E-state index is -0.345. The summed E-state index contributed by atoms with van der Waals surface area (Å²) in [6.07, 6.45) is 3.23. The number of amides is 1. The summed E-state index contributed by atoms with van der Waals surface area (Å²) >= 11 is 0. The van der Waals surface area contributed by atoms with E-state index in [9.17, 15) is 4.79 Å². The fraction of sp³-hybridized carbons (Fsp3) is 0.500. The molecule has 2 N–H and O–H groups in total. The topological polar surface area (TPSA) is 79.4 Å². The lowest BCUT2D eigenvalue weighted by Crippen LogP contribution is -2.38. The standard InChI is InChI=1S/C22H31N5O2/c1-22(2,3)16-29-21(28)25-18-10-12-27(15-18)19-13-20(26-24-14-19)23-11-9-17-7-5-4-6-8-17/h4-8,13-14,18H,9-12,15-16H2,1-3H3,(H,23,26)(H,25,28). The molecule has 3 rings (SSSR count). The van der Waals surface area contributed by atoms with E-state index in [2.05, 4.69) is 37.9 Å². The first kappa shape index (κ1) is 20.9. The lowest BCUT2D eigenvalue weighted by molar-refractivity contribution is 0.104. The van der Waals surface area contributed by atoms with Crippen LogP contribution in [0.15, 0.2) is 42.6 Å². The highest BCUT2D eigenvalue weighted by Gasteiger charge is 2.25. The summed E-state index contributed by atoms with van der Waals surface area (Å²) in [4.78, 5) is 14.2. The van der Waals surface area contributed by atoms with Crippen molar-refractivity contribution in [3.63, 3.8) is 0 Å². The summed E-state index contributed by atoms with van der Waals surface area (Å²) in [5.41, 5.74) is 2.26. The zero-order chi connectivity index (χ0) is 20.7. The molecule has 1 atom stereocenters. The monoisotopic (exact) mass is 397 g/mol. The molecule has 0 bridgehead atoms. The molecule has 156 valence electrons. The molecule has 2 heterocycles. The summed E-state index contributed by atoms with van der Waals surface area (Å²) in [6, 6.07) is 12.4. The van der Waals surface area contributed by atoms with Crippen molar-refractivity contribution in [2.24, 2.45) is 5.41 Å². The van der Waals surface area contributed by atoms with Gasteiger partial charge in [0.1, 0.15) is 0 Å². The summed E-state index contributed by atoms with van der Waals surface area (Å²) in [5.74, 6) is 0.763. The second-order valence-electron chi connectivity index (χ2n) is 8.67. The van der Waals surface area contributed by atoms with Crippen molar-refractivity contribution in [1.29, 1.82) is 0 Å². The predicted molar refractivity (Wildman–Crippen MR) is 115 cm³/mol. The molecule has 7 nitrogen and oxygen atoms in total. The molecular formula is C22H31N5O2. The largest absolute Gasteiger partial charge is 0.449 e. The molecule has 29 heavy (non-hydrogen) atoms. The number of hydrogen-bond acceptors (Lipinski definition) is 6. The van der Waals surface area contributed by atoms with E-state index in [-0.39, 0.29) is 17.6 Å². The van der Waals surface area contributed by atoms with Crippen molar-refractivity contribution in [3.8, 4) is 0 Å². The zero-order valence-corrected chi connectivity index (χ0v) is 17.5. The van der Waals surface area contributed by atoms with Gasteiger partial charge in [-0.1, -0.05) is 51.1 Å². The lowest BCUT2D eigenvalue weighted by atomic mass is 9.99. The third-order valence-corrected chi connectivity index (χ3v) is 4.71. The van der Waals surface area contributed by atoms with Gasteiger partial charge in [-0.15, -0.1) is 5.10 Å². The maximum Gasteiger partial charge on any atom is 0.407 e. The minimum Gasteiger partial charge on any atom is -0.449 e. The molecule has 0 aliphatic carbocycles. The minimum absolute atomic E-state index is 0.0360. The third kappa shape index (κ3) is 6.93. The van der Waals surface area contributed by atoms with Crippen LogP contribution in [0.5, 0.6) is 0 Å². The first-order valence-corrected chi connectivity index (χ1v) is 10.2. The first-order chi connectivity index (χ1) is 13.9. The second-order valence-corrected chi connectivity index (χ2v) is 8.67. The average molecular weight is 398 g/mol. The Hall–Kier alpha value is -2.83. The van der Waals surface area contributed by atoms with E-state index in [0.29, 0.717) is 6.61 Å². The van der Waals surface area contributed by atoms with Crippen molar-refractivity contribution >= 4 is 17.6 Å². The molecule has 1 unspecified atom stereocenters. The van der Waals surface area contributed by atoms with Gasteiger partial charge in [-0.3, -0.25) is 0 Å². The first-order valence-electron chi connectivity index (χ1n) is 10.2. The van der Waals surface area contributed by atoms with Crippen LogP contribution in [0.1, 0.15) is 32.8 Å². The maximum atomic E-state index is 12.0. The molecule has 2 aromatic rings. The molecule has 1 amide bonds. The molecule has 0 spiro atoms. The van der Waals surface area contributed by atoms with Gasteiger partial charge in [0.25, 0.3) is 0 Å². The lowest BCUT2D eigenvalue weighted by Gasteiger charge is -2.21. The van der Waals surface area contributed by atoms with Gasteiger partial charge in [0, 0.05) is 25.7 Å². The number of benzene rings is 1. The smallest absolute Gasteiger partial charge is 0.407 e. The molecule has 1 aromatic heterocycles. The van der Waals surface area contributed by atoms with Gasteiger partial charge >= 0.3 is 6.09 Å². The van der Waals surface area contributed by atoms with E-state index < -0.39 is 0 Å². The van der Waals surface area contributed by atoms with E-state index in [1.54, 1.807) is 6.20 Å². The Morgan fingerprint density at radius 3 is 2.83 bits per heavy atom. The van der Waals surface area contributed by atoms with Crippen LogP contribution in [0, 0.1) is 5.41 Å². The number of rotatable bonds is 7. The van der Waals surface area contributed by atoms with E-state index in [1.165, 1.54) is 5.56 Å². The van der Waals surface area contributed by atoms with E-state index in [0.717, 1.165) is 44.0 Å². The fourth-order valence-electron chi connectivity index (χ4n) is 3.20. The summed E-state index contributed by atoms with van der Waals surface area (Å²) in [7, 11) is 0. The number of aromatic nitrogens is 2. The highest BCUT2D eigenvalue weighted by molar-refractivity contribution is 5.68. The van der Waals surface area contributed by atoms with Crippen LogP contribution in [0.3, 0.4) is 0 Å².